The van der Waals surface area contributed by atoms with E-state index >= 15 is 0 Å². The summed E-state index contributed by atoms with van der Waals surface area (Å²) < 4.78 is 0. The van der Waals surface area contributed by atoms with Crippen molar-refractivity contribution in [3.63, 3.8) is 0 Å². The van der Waals surface area contributed by atoms with Crippen molar-refractivity contribution in [2.75, 3.05) is 67.0 Å². The van der Waals surface area contributed by atoms with Gasteiger partial charge in [0, 0.05) is 32.2 Å². The van der Waals surface area contributed by atoms with Gasteiger partial charge < -0.3 is 14.7 Å². The van der Waals surface area contributed by atoms with Gasteiger partial charge in [0.15, 0.2) is 0 Å². The molecule has 19 heavy (non-hydrogen) atoms. The van der Waals surface area contributed by atoms with Crippen molar-refractivity contribution in [3.05, 3.63) is 0 Å². The Morgan fingerprint density at radius 2 is 1.63 bits per heavy atom. The highest BCUT2D eigenvalue weighted by atomic mass is 16.2. The van der Waals surface area contributed by atoms with Crippen LogP contribution in [0, 0.1) is 0 Å². The van der Waals surface area contributed by atoms with E-state index < -0.39 is 0 Å². The normalized spacial score (nSPS) is 24.1. The van der Waals surface area contributed by atoms with Crippen LogP contribution in [0.2, 0.25) is 0 Å². The standard InChI is InChI=1S/C14H28N4O/c1-15(2)12-14(19)18-10-8-17(9-11-18)13-4-6-16(3)7-5-13/h13H,4-12H2,1-3H3. The molecule has 2 fully saturated rings. The summed E-state index contributed by atoms with van der Waals surface area (Å²) in [6.45, 7) is 6.86. The summed E-state index contributed by atoms with van der Waals surface area (Å²) in [5.74, 6) is 0.271. The highest BCUT2D eigenvalue weighted by molar-refractivity contribution is 5.78. The second-order valence-electron chi connectivity index (χ2n) is 6.19. The van der Waals surface area contributed by atoms with Crippen LogP contribution in [0.25, 0.3) is 0 Å². The molecule has 0 atom stereocenters. The Labute approximate surface area is 117 Å². The quantitative estimate of drug-likeness (QED) is 0.708. The molecule has 2 saturated heterocycles. The molecule has 0 aromatic carbocycles. The van der Waals surface area contributed by atoms with Gasteiger partial charge in [0.25, 0.3) is 0 Å². The first-order chi connectivity index (χ1) is 9.06. The van der Waals surface area contributed by atoms with Gasteiger partial charge >= 0.3 is 0 Å². The topological polar surface area (TPSA) is 30.0 Å². The van der Waals surface area contributed by atoms with Crippen LogP contribution in [0.1, 0.15) is 12.8 Å². The number of likely N-dealkylation sites (N-methyl/N-ethyl adjacent to an activating group) is 1. The van der Waals surface area contributed by atoms with Gasteiger partial charge in [-0.3, -0.25) is 9.69 Å². The van der Waals surface area contributed by atoms with E-state index in [2.05, 4.69) is 16.8 Å². The summed E-state index contributed by atoms with van der Waals surface area (Å²) in [6.07, 6.45) is 2.56. The number of nitrogens with zero attached hydrogens (tertiary/aromatic N) is 4. The monoisotopic (exact) mass is 268 g/mol. The lowest BCUT2D eigenvalue weighted by atomic mass is 10.0. The lowest BCUT2D eigenvalue weighted by molar-refractivity contribution is -0.134. The van der Waals surface area contributed by atoms with Crippen LogP contribution in [0.4, 0.5) is 0 Å². The van der Waals surface area contributed by atoms with Crippen molar-refractivity contribution in [2.24, 2.45) is 0 Å². The molecule has 0 saturated carbocycles. The molecular weight excluding hydrogens is 240 g/mol. The van der Waals surface area contributed by atoms with Gasteiger partial charge in [0.05, 0.1) is 6.54 Å². The predicted molar refractivity (Wildman–Crippen MR) is 77.2 cm³/mol. The molecule has 0 radical (unpaired) electrons. The number of carbonyl (C=O) groups is 1. The molecule has 5 nitrogen and oxygen atoms in total. The highest BCUT2D eigenvalue weighted by Gasteiger charge is 2.27. The number of hydrogen-bond acceptors (Lipinski definition) is 4. The van der Waals surface area contributed by atoms with E-state index in [0.29, 0.717) is 6.54 Å². The van der Waals surface area contributed by atoms with Gasteiger partial charge in [-0.05, 0) is 47.1 Å². The molecule has 0 aromatic heterocycles. The molecular formula is C14H28N4O. The van der Waals surface area contributed by atoms with Crippen molar-refractivity contribution in [1.82, 2.24) is 19.6 Å². The lowest BCUT2D eigenvalue weighted by Gasteiger charge is -2.42. The molecule has 0 bridgehead atoms. The van der Waals surface area contributed by atoms with Crippen LogP contribution in [-0.2, 0) is 4.79 Å². The number of likely N-dealkylation sites (tertiary alicyclic amines) is 1. The minimum atomic E-state index is 0.271. The van der Waals surface area contributed by atoms with Crippen LogP contribution in [0.15, 0.2) is 0 Å². The van der Waals surface area contributed by atoms with Gasteiger partial charge in [-0.1, -0.05) is 0 Å². The molecule has 2 aliphatic heterocycles. The maximum atomic E-state index is 12.0. The van der Waals surface area contributed by atoms with Crippen LogP contribution >= 0.6 is 0 Å². The Morgan fingerprint density at radius 1 is 1.05 bits per heavy atom. The van der Waals surface area contributed by atoms with Crippen molar-refractivity contribution >= 4 is 5.91 Å². The van der Waals surface area contributed by atoms with Crippen LogP contribution in [-0.4, -0.2) is 98.5 Å². The zero-order chi connectivity index (χ0) is 13.8. The Hall–Kier alpha value is -0.650. The summed E-state index contributed by atoms with van der Waals surface area (Å²) in [7, 11) is 6.10. The highest BCUT2D eigenvalue weighted by Crippen LogP contribution is 2.17. The average Bonchev–Trinajstić information content (AvgIpc) is 2.39. The fourth-order valence-electron chi connectivity index (χ4n) is 3.07. The SMILES string of the molecule is CN(C)CC(=O)N1CCN(C2CCN(C)CC2)CC1. The second-order valence-corrected chi connectivity index (χ2v) is 6.19. The van der Waals surface area contributed by atoms with E-state index in [1.165, 1.54) is 25.9 Å². The molecule has 5 heteroatoms. The third kappa shape index (κ3) is 4.16. The molecule has 0 aromatic rings. The third-order valence-corrected chi connectivity index (χ3v) is 4.32. The van der Waals surface area contributed by atoms with Gasteiger partial charge in [-0.15, -0.1) is 0 Å². The second kappa shape index (κ2) is 6.68. The molecule has 0 spiro atoms. The van der Waals surface area contributed by atoms with Gasteiger partial charge in [0.2, 0.25) is 5.91 Å². The molecule has 0 unspecified atom stereocenters. The summed E-state index contributed by atoms with van der Waals surface area (Å²) >= 11 is 0. The first kappa shape index (κ1) is 14.8. The number of piperazine rings is 1. The summed E-state index contributed by atoms with van der Waals surface area (Å²) in [5.41, 5.74) is 0. The van der Waals surface area contributed by atoms with E-state index in [-0.39, 0.29) is 5.91 Å². The summed E-state index contributed by atoms with van der Waals surface area (Å²) in [6, 6.07) is 0.738. The molecule has 0 N–H and O–H groups in total. The van der Waals surface area contributed by atoms with E-state index in [1.54, 1.807) is 0 Å². The Balaban J connectivity index is 1.74. The number of piperidine rings is 1. The zero-order valence-electron chi connectivity index (χ0n) is 12.6. The van der Waals surface area contributed by atoms with Crippen molar-refractivity contribution < 1.29 is 4.79 Å². The van der Waals surface area contributed by atoms with Gasteiger partial charge in [-0.25, -0.2) is 0 Å². The molecule has 0 aliphatic carbocycles. The largest absolute Gasteiger partial charge is 0.339 e. The van der Waals surface area contributed by atoms with Crippen LogP contribution in [0.5, 0.6) is 0 Å². The Morgan fingerprint density at radius 3 is 2.16 bits per heavy atom. The van der Waals surface area contributed by atoms with E-state index in [1.807, 2.05) is 23.9 Å². The number of hydrogen-bond donors (Lipinski definition) is 0. The smallest absolute Gasteiger partial charge is 0.236 e. The number of carbonyl (C=O) groups excluding carboxylic acids is 1. The maximum absolute atomic E-state index is 12.0. The Bertz CT molecular complexity index is 292. The lowest BCUT2D eigenvalue weighted by Crippen LogP contribution is -2.55. The molecule has 110 valence electrons. The minimum Gasteiger partial charge on any atom is -0.339 e. The molecule has 1 amide bonds. The fourth-order valence-corrected chi connectivity index (χ4v) is 3.07. The first-order valence-electron chi connectivity index (χ1n) is 7.41. The van der Waals surface area contributed by atoms with E-state index in [4.69, 9.17) is 0 Å². The average molecular weight is 268 g/mol. The number of amides is 1. The fraction of sp³-hybridized carbons (Fsp3) is 0.929. The van der Waals surface area contributed by atoms with E-state index in [0.717, 1.165) is 32.2 Å². The minimum absolute atomic E-state index is 0.271. The zero-order valence-corrected chi connectivity index (χ0v) is 12.6. The van der Waals surface area contributed by atoms with Gasteiger partial charge in [-0.2, -0.15) is 0 Å². The van der Waals surface area contributed by atoms with Crippen LogP contribution in [0.3, 0.4) is 0 Å². The van der Waals surface area contributed by atoms with Crippen molar-refractivity contribution in [2.45, 2.75) is 18.9 Å². The van der Waals surface area contributed by atoms with Crippen LogP contribution < -0.4 is 0 Å². The van der Waals surface area contributed by atoms with Crippen molar-refractivity contribution in [3.8, 4) is 0 Å². The van der Waals surface area contributed by atoms with Crippen molar-refractivity contribution in [1.29, 1.82) is 0 Å². The first-order valence-corrected chi connectivity index (χ1v) is 7.41. The summed E-state index contributed by atoms with van der Waals surface area (Å²) in [5, 5.41) is 0. The third-order valence-electron chi connectivity index (χ3n) is 4.32. The molecule has 2 heterocycles. The molecule has 2 aliphatic rings. The Kier molecular flexibility index (Phi) is 5.19. The predicted octanol–water partition coefficient (Wildman–Crippen LogP) is -0.214. The maximum Gasteiger partial charge on any atom is 0.236 e. The van der Waals surface area contributed by atoms with Gasteiger partial charge in [0.1, 0.15) is 0 Å². The number of rotatable bonds is 3. The summed E-state index contributed by atoms with van der Waals surface area (Å²) in [4.78, 5) is 21.0. The molecule has 2 rings (SSSR count). The van der Waals surface area contributed by atoms with E-state index in [9.17, 15) is 4.79 Å².